The number of morpholine rings is 1. The number of carbonyl (C=O) groups excluding carboxylic acids is 1. The summed E-state index contributed by atoms with van der Waals surface area (Å²) < 4.78 is 10.9. The SMILES string of the molecule is CN(CC(=O)O)CC1CN(C(=O)OCc2ccccc2)CCO1. The van der Waals surface area contributed by atoms with Crippen LogP contribution in [0.25, 0.3) is 0 Å². The van der Waals surface area contributed by atoms with Crippen LogP contribution in [0.1, 0.15) is 5.56 Å². The maximum Gasteiger partial charge on any atom is 0.410 e. The van der Waals surface area contributed by atoms with E-state index in [2.05, 4.69) is 0 Å². The van der Waals surface area contributed by atoms with E-state index in [-0.39, 0.29) is 25.3 Å². The fourth-order valence-electron chi connectivity index (χ4n) is 2.45. The predicted molar refractivity (Wildman–Crippen MR) is 83.1 cm³/mol. The second-order valence-corrected chi connectivity index (χ2v) is 5.57. The summed E-state index contributed by atoms with van der Waals surface area (Å²) in [5.41, 5.74) is 0.937. The minimum atomic E-state index is -0.887. The number of hydrogen-bond acceptors (Lipinski definition) is 5. The summed E-state index contributed by atoms with van der Waals surface area (Å²) >= 11 is 0. The van der Waals surface area contributed by atoms with Gasteiger partial charge in [0.25, 0.3) is 0 Å². The van der Waals surface area contributed by atoms with Crippen molar-refractivity contribution in [2.45, 2.75) is 12.7 Å². The third kappa shape index (κ3) is 5.88. The Morgan fingerprint density at radius 1 is 1.39 bits per heavy atom. The Morgan fingerprint density at radius 3 is 2.83 bits per heavy atom. The summed E-state index contributed by atoms with van der Waals surface area (Å²) in [6, 6.07) is 9.50. The van der Waals surface area contributed by atoms with Gasteiger partial charge in [-0.15, -0.1) is 0 Å². The molecule has 1 saturated heterocycles. The molecule has 0 saturated carbocycles. The lowest BCUT2D eigenvalue weighted by Crippen LogP contribution is -2.49. The number of carboxylic acid groups (broad SMARTS) is 1. The largest absolute Gasteiger partial charge is 0.480 e. The molecule has 7 nitrogen and oxygen atoms in total. The van der Waals surface area contributed by atoms with E-state index >= 15 is 0 Å². The molecule has 1 aromatic carbocycles. The highest BCUT2D eigenvalue weighted by Gasteiger charge is 2.26. The minimum Gasteiger partial charge on any atom is -0.480 e. The molecule has 0 aromatic heterocycles. The fraction of sp³-hybridized carbons (Fsp3) is 0.500. The number of aliphatic carboxylic acids is 1. The Bertz CT molecular complexity index is 522. The molecule has 1 fully saturated rings. The number of ether oxygens (including phenoxy) is 2. The highest BCUT2D eigenvalue weighted by molar-refractivity contribution is 5.69. The Kier molecular flexibility index (Phi) is 6.37. The number of nitrogens with zero attached hydrogens (tertiary/aromatic N) is 2. The molecule has 1 amide bonds. The normalized spacial score (nSPS) is 18.0. The molecule has 0 bridgehead atoms. The second kappa shape index (κ2) is 8.50. The van der Waals surface area contributed by atoms with Gasteiger partial charge in [-0.05, 0) is 12.6 Å². The molecule has 1 aromatic rings. The first kappa shape index (κ1) is 17.2. The summed E-state index contributed by atoms with van der Waals surface area (Å²) in [6.07, 6.45) is -0.583. The summed E-state index contributed by atoms with van der Waals surface area (Å²) in [7, 11) is 1.71. The van der Waals surface area contributed by atoms with Gasteiger partial charge in [-0.1, -0.05) is 30.3 Å². The smallest absolute Gasteiger partial charge is 0.410 e. The van der Waals surface area contributed by atoms with Crippen molar-refractivity contribution >= 4 is 12.1 Å². The van der Waals surface area contributed by atoms with Crippen LogP contribution < -0.4 is 0 Å². The number of likely N-dealkylation sites (N-methyl/N-ethyl adjacent to an activating group) is 1. The summed E-state index contributed by atoms with van der Waals surface area (Å²) in [4.78, 5) is 26.1. The first-order valence-electron chi connectivity index (χ1n) is 7.52. The van der Waals surface area contributed by atoms with Gasteiger partial charge >= 0.3 is 12.1 Å². The lowest BCUT2D eigenvalue weighted by atomic mass is 10.2. The number of carbonyl (C=O) groups is 2. The van der Waals surface area contributed by atoms with E-state index in [1.807, 2.05) is 30.3 Å². The van der Waals surface area contributed by atoms with Crippen molar-refractivity contribution in [1.82, 2.24) is 9.80 Å². The molecule has 7 heteroatoms. The lowest BCUT2D eigenvalue weighted by molar-refractivity contribution is -0.138. The van der Waals surface area contributed by atoms with Gasteiger partial charge in [0.15, 0.2) is 0 Å². The van der Waals surface area contributed by atoms with E-state index in [0.29, 0.717) is 26.2 Å². The van der Waals surface area contributed by atoms with Gasteiger partial charge in [0.1, 0.15) is 6.61 Å². The number of carboxylic acids is 1. The number of benzene rings is 1. The quantitative estimate of drug-likeness (QED) is 0.843. The highest BCUT2D eigenvalue weighted by atomic mass is 16.6. The van der Waals surface area contributed by atoms with Gasteiger partial charge in [0.2, 0.25) is 0 Å². The van der Waals surface area contributed by atoms with Crippen LogP contribution >= 0.6 is 0 Å². The Labute approximate surface area is 135 Å². The molecule has 126 valence electrons. The molecule has 0 spiro atoms. The summed E-state index contributed by atoms with van der Waals surface area (Å²) in [5.74, 6) is -0.887. The zero-order valence-electron chi connectivity index (χ0n) is 13.2. The minimum absolute atomic E-state index is 0.0572. The summed E-state index contributed by atoms with van der Waals surface area (Å²) in [6.45, 7) is 1.93. The molecule has 23 heavy (non-hydrogen) atoms. The van der Waals surface area contributed by atoms with Gasteiger partial charge in [0, 0.05) is 13.1 Å². The average Bonchev–Trinajstić information content (AvgIpc) is 2.53. The standard InChI is InChI=1S/C16H22N2O5/c1-17(11-15(19)20)9-14-10-18(7-8-22-14)16(21)23-12-13-5-3-2-4-6-13/h2-6,14H,7-12H2,1H3,(H,19,20). The molecule has 2 rings (SSSR count). The Balaban J connectivity index is 1.78. The Hall–Kier alpha value is -2.12. The average molecular weight is 322 g/mol. The van der Waals surface area contributed by atoms with E-state index in [1.54, 1.807) is 16.8 Å². The van der Waals surface area contributed by atoms with Crippen molar-refractivity contribution in [3.63, 3.8) is 0 Å². The van der Waals surface area contributed by atoms with Crippen molar-refractivity contribution in [3.8, 4) is 0 Å². The van der Waals surface area contributed by atoms with Crippen molar-refractivity contribution in [3.05, 3.63) is 35.9 Å². The highest BCUT2D eigenvalue weighted by Crippen LogP contribution is 2.10. The third-order valence-electron chi connectivity index (χ3n) is 3.52. The first-order chi connectivity index (χ1) is 11.0. The van der Waals surface area contributed by atoms with E-state index < -0.39 is 5.97 Å². The van der Waals surface area contributed by atoms with Crippen LogP contribution in [0.15, 0.2) is 30.3 Å². The van der Waals surface area contributed by atoms with Gasteiger partial charge < -0.3 is 19.5 Å². The maximum atomic E-state index is 12.1. The van der Waals surface area contributed by atoms with Crippen LogP contribution in [0.2, 0.25) is 0 Å². The van der Waals surface area contributed by atoms with E-state index in [1.165, 1.54) is 0 Å². The van der Waals surface area contributed by atoms with Crippen molar-refractivity contribution in [2.24, 2.45) is 0 Å². The van der Waals surface area contributed by atoms with Crippen LogP contribution in [0.3, 0.4) is 0 Å². The van der Waals surface area contributed by atoms with Crippen molar-refractivity contribution in [1.29, 1.82) is 0 Å². The second-order valence-electron chi connectivity index (χ2n) is 5.57. The zero-order chi connectivity index (χ0) is 16.7. The summed E-state index contributed by atoms with van der Waals surface area (Å²) in [5, 5.41) is 8.76. The van der Waals surface area contributed by atoms with E-state index in [9.17, 15) is 9.59 Å². The van der Waals surface area contributed by atoms with Crippen LogP contribution in [0, 0.1) is 0 Å². The lowest BCUT2D eigenvalue weighted by Gasteiger charge is -2.33. The van der Waals surface area contributed by atoms with Gasteiger partial charge in [-0.2, -0.15) is 0 Å². The zero-order valence-corrected chi connectivity index (χ0v) is 13.2. The number of hydrogen-bond donors (Lipinski definition) is 1. The predicted octanol–water partition coefficient (Wildman–Crippen LogP) is 1.04. The molecule has 1 aliphatic rings. The molecule has 1 unspecified atom stereocenters. The van der Waals surface area contributed by atoms with Gasteiger partial charge in [-0.3, -0.25) is 9.69 Å². The maximum absolute atomic E-state index is 12.1. The molecule has 1 N–H and O–H groups in total. The Morgan fingerprint density at radius 2 is 2.13 bits per heavy atom. The van der Waals surface area contributed by atoms with Crippen molar-refractivity contribution < 1.29 is 24.2 Å². The van der Waals surface area contributed by atoms with E-state index in [0.717, 1.165) is 5.56 Å². The number of rotatable bonds is 6. The monoisotopic (exact) mass is 322 g/mol. The third-order valence-corrected chi connectivity index (χ3v) is 3.52. The van der Waals surface area contributed by atoms with Gasteiger partial charge in [0.05, 0.1) is 25.8 Å². The van der Waals surface area contributed by atoms with Crippen LogP contribution in [-0.2, 0) is 20.9 Å². The van der Waals surface area contributed by atoms with Gasteiger partial charge in [-0.25, -0.2) is 4.79 Å². The molecule has 1 atom stereocenters. The molecular formula is C16H22N2O5. The van der Waals surface area contributed by atoms with Crippen LogP contribution in [0.4, 0.5) is 4.79 Å². The first-order valence-corrected chi connectivity index (χ1v) is 7.52. The molecule has 0 aliphatic carbocycles. The van der Waals surface area contributed by atoms with Crippen molar-refractivity contribution in [2.75, 3.05) is 39.8 Å². The van der Waals surface area contributed by atoms with E-state index in [4.69, 9.17) is 14.6 Å². The molecule has 1 aliphatic heterocycles. The van der Waals surface area contributed by atoms with Crippen LogP contribution in [-0.4, -0.2) is 72.9 Å². The number of amides is 1. The molecular weight excluding hydrogens is 300 g/mol. The molecule has 1 heterocycles. The molecule has 0 radical (unpaired) electrons. The van der Waals surface area contributed by atoms with Crippen LogP contribution in [0.5, 0.6) is 0 Å². The topological polar surface area (TPSA) is 79.3 Å². The fourth-order valence-corrected chi connectivity index (χ4v) is 2.45.